The normalized spacial score (nSPS) is 15.4. The van der Waals surface area contributed by atoms with Crippen LogP contribution in [0.15, 0.2) is 4.99 Å². The Labute approximate surface area is 192 Å². The molecule has 0 spiro atoms. The molecular weight excluding hydrogens is 442 g/mol. The monoisotopic (exact) mass is 477 g/mol. The highest BCUT2D eigenvalue weighted by Crippen LogP contribution is 2.09. The van der Waals surface area contributed by atoms with Crippen LogP contribution in [0.1, 0.15) is 33.1 Å². The predicted octanol–water partition coefficient (Wildman–Crippen LogP) is -3.13. The summed E-state index contributed by atoms with van der Waals surface area (Å²) in [5.74, 6) is -3.96. The Kier molecular flexibility index (Phi) is 14.0. The van der Waals surface area contributed by atoms with Crippen LogP contribution in [0, 0.1) is 5.92 Å². The van der Waals surface area contributed by atoms with Crippen LogP contribution in [0.3, 0.4) is 0 Å². The van der Waals surface area contributed by atoms with Gasteiger partial charge in [0.2, 0.25) is 17.7 Å². The van der Waals surface area contributed by atoms with E-state index in [-0.39, 0.29) is 37.0 Å². The molecule has 0 saturated heterocycles. The predicted molar refractivity (Wildman–Crippen MR) is 122 cm³/mol. The molecule has 11 N–H and O–H groups in total. The first kappa shape index (κ1) is 29.4. The average Bonchev–Trinajstić information content (AvgIpc) is 2.75. The summed E-state index contributed by atoms with van der Waals surface area (Å²) in [6, 6.07) is -4.68. The van der Waals surface area contributed by atoms with E-state index >= 15 is 0 Å². The minimum atomic E-state index is -1.37. The van der Waals surface area contributed by atoms with E-state index in [0.717, 1.165) is 0 Å². The van der Waals surface area contributed by atoms with Crippen LogP contribution in [0.25, 0.3) is 0 Å². The molecule has 0 aliphatic carbocycles. The van der Waals surface area contributed by atoms with E-state index in [4.69, 9.17) is 17.2 Å². The van der Waals surface area contributed by atoms with Gasteiger partial charge in [0.25, 0.3) is 0 Å². The summed E-state index contributed by atoms with van der Waals surface area (Å²) in [4.78, 5) is 52.6. The number of amides is 3. The Hall–Kier alpha value is -2.58. The van der Waals surface area contributed by atoms with E-state index in [1.807, 2.05) is 0 Å². The van der Waals surface area contributed by atoms with Crippen LogP contribution >= 0.6 is 12.6 Å². The second-order valence-corrected chi connectivity index (χ2v) is 7.62. The summed E-state index contributed by atoms with van der Waals surface area (Å²) in [6.07, 6.45) is 0.865. The molecule has 3 amide bonds. The number of aliphatic hydroxyl groups excluding tert-OH is 1. The van der Waals surface area contributed by atoms with Crippen molar-refractivity contribution in [3.05, 3.63) is 0 Å². The van der Waals surface area contributed by atoms with E-state index in [1.165, 1.54) is 0 Å². The van der Waals surface area contributed by atoms with Crippen LogP contribution < -0.4 is 33.2 Å². The number of nitrogens with one attached hydrogen (secondary N) is 3. The van der Waals surface area contributed by atoms with Gasteiger partial charge in [0.05, 0.1) is 12.6 Å². The molecule has 5 atom stereocenters. The van der Waals surface area contributed by atoms with E-state index in [9.17, 15) is 29.4 Å². The highest BCUT2D eigenvalue weighted by atomic mass is 32.1. The summed E-state index contributed by atoms with van der Waals surface area (Å²) in [5, 5.41) is 26.0. The second-order valence-electron chi connectivity index (χ2n) is 7.25. The number of rotatable bonds is 15. The van der Waals surface area contributed by atoms with Gasteiger partial charge >= 0.3 is 5.97 Å². The van der Waals surface area contributed by atoms with Gasteiger partial charge in [-0.1, -0.05) is 20.3 Å². The number of hydrogen-bond donors (Lipinski definition) is 9. The Morgan fingerprint density at radius 2 is 1.59 bits per heavy atom. The van der Waals surface area contributed by atoms with Crippen molar-refractivity contribution >= 4 is 42.3 Å². The zero-order chi connectivity index (χ0) is 24.8. The molecule has 0 radical (unpaired) electrons. The lowest BCUT2D eigenvalue weighted by Crippen LogP contribution is -2.58. The Bertz CT molecular complexity index is 674. The van der Waals surface area contributed by atoms with Crippen molar-refractivity contribution in [1.29, 1.82) is 0 Å². The van der Waals surface area contributed by atoms with Gasteiger partial charge in [-0.3, -0.25) is 19.4 Å². The van der Waals surface area contributed by atoms with Crippen molar-refractivity contribution in [3.63, 3.8) is 0 Å². The topological polar surface area (TPSA) is 235 Å². The summed E-state index contributed by atoms with van der Waals surface area (Å²) in [7, 11) is 0. The van der Waals surface area contributed by atoms with Crippen LogP contribution in [0.5, 0.6) is 0 Å². The SMILES string of the molecule is CCC(C)C(NC(=O)C(CCCN=C(N)N)NC(=O)C(CO)NC(=O)C(N)CS)C(=O)O. The summed E-state index contributed by atoms with van der Waals surface area (Å²) in [6.45, 7) is 2.88. The number of carbonyl (C=O) groups excluding carboxylic acids is 3. The molecule has 13 nitrogen and oxygen atoms in total. The summed E-state index contributed by atoms with van der Waals surface area (Å²) >= 11 is 3.90. The number of guanidine groups is 1. The number of aliphatic carboxylic acids is 1. The number of hydrogen-bond acceptors (Lipinski definition) is 8. The standard InChI is InChI=1S/C18H35N7O6S/c1-3-9(2)13(17(30)31)25-15(28)11(5-4-6-22-18(20)21)23-16(29)12(7-26)24-14(27)10(19)8-32/h9-13,26,32H,3-8,19H2,1-2H3,(H,23,29)(H,24,27)(H,25,28)(H,30,31)(H4,20,21,22). The highest BCUT2D eigenvalue weighted by molar-refractivity contribution is 7.80. The molecule has 0 rings (SSSR count). The van der Waals surface area contributed by atoms with Gasteiger partial charge < -0.3 is 43.4 Å². The fraction of sp³-hybridized carbons (Fsp3) is 0.722. The van der Waals surface area contributed by atoms with Gasteiger partial charge in [0.15, 0.2) is 5.96 Å². The molecule has 0 aromatic carbocycles. The number of carbonyl (C=O) groups is 4. The first-order valence-corrected chi connectivity index (χ1v) is 10.8. The van der Waals surface area contributed by atoms with Gasteiger partial charge in [-0.15, -0.1) is 0 Å². The number of nitrogens with two attached hydrogens (primary N) is 3. The van der Waals surface area contributed by atoms with E-state index < -0.39 is 54.5 Å². The Balaban J connectivity index is 5.42. The van der Waals surface area contributed by atoms with E-state index in [1.54, 1.807) is 13.8 Å². The lowest BCUT2D eigenvalue weighted by molar-refractivity contribution is -0.144. The molecule has 0 fully saturated rings. The molecular formula is C18H35N7O6S. The second kappa shape index (κ2) is 15.3. The van der Waals surface area contributed by atoms with Gasteiger partial charge in [-0.2, -0.15) is 12.6 Å². The molecule has 0 aromatic rings. The number of carboxylic acid groups (broad SMARTS) is 1. The third kappa shape index (κ3) is 10.6. The lowest BCUT2D eigenvalue weighted by atomic mass is 9.98. The first-order valence-electron chi connectivity index (χ1n) is 10.1. The van der Waals surface area contributed by atoms with Crippen LogP contribution in [-0.2, 0) is 19.2 Å². The van der Waals surface area contributed by atoms with E-state index in [0.29, 0.717) is 6.42 Å². The third-order valence-corrected chi connectivity index (χ3v) is 5.10. The van der Waals surface area contributed by atoms with Crippen molar-refractivity contribution in [2.24, 2.45) is 28.1 Å². The van der Waals surface area contributed by atoms with Crippen molar-refractivity contribution in [1.82, 2.24) is 16.0 Å². The van der Waals surface area contributed by atoms with Crippen LogP contribution in [0.4, 0.5) is 0 Å². The number of aliphatic hydroxyl groups is 1. The number of thiol groups is 1. The minimum Gasteiger partial charge on any atom is -0.480 e. The molecule has 0 heterocycles. The van der Waals surface area contributed by atoms with Gasteiger partial charge in [-0.25, -0.2) is 4.79 Å². The quantitative estimate of drug-likeness (QED) is 0.0501. The molecule has 32 heavy (non-hydrogen) atoms. The largest absolute Gasteiger partial charge is 0.480 e. The van der Waals surface area contributed by atoms with Crippen molar-refractivity contribution in [2.45, 2.75) is 57.3 Å². The molecule has 0 bridgehead atoms. The molecule has 5 unspecified atom stereocenters. The highest BCUT2D eigenvalue weighted by Gasteiger charge is 2.31. The van der Waals surface area contributed by atoms with Gasteiger partial charge in [0.1, 0.15) is 18.1 Å². The Morgan fingerprint density at radius 3 is 2.06 bits per heavy atom. The maximum Gasteiger partial charge on any atom is 0.326 e. The molecule has 184 valence electrons. The minimum absolute atomic E-state index is 0.0214. The average molecular weight is 478 g/mol. The number of aliphatic imine (C=N–C) groups is 1. The zero-order valence-corrected chi connectivity index (χ0v) is 19.2. The van der Waals surface area contributed by atoms with Crippen LogP contribution in [0.2, 0.25) is 0 Å². The first-order chi connectivity index (χ1) is 15.0. The van der Waals surface area contributed by atoms with Crippen molar-refractivity contribution < 1.29 is 29.4 Å². The maximum absolute atomic E-state index is 12.8. The van der Waals surface area contributed by atoms with Crippen LogP contribution in [-0.4, -0.2) is 82.9 Å². The molecule has 14 heteroatoms. The fourth-order valence-electron chi connectivity index (χ4n) is 2.54. The van der Waals surface area contributed by atoms with Crippen molar-refractivity contribution in [3.8, 4) is 0 Å². The zero-order valence-electron chi connectivity index (χ0n) is 18.3. The van der Waals surface area contributed by atoms with Gasteiger partial charge in [-0.05, 0) is 18.8 Å². The molecule has 0 aliphatic heterocycles. The summed E-state index contributed by atoms with van der Waals surface area (Å²) < 4.78 is 0. The molecule has 0 aliphatic rings. The molecule has 0 saturated carbocycles. The fourth-order valence-corrected chi connectivity index (χ4v) is 2.70. The summed E-state index contributed by atoms with van der Waals surface area (Å²) in [5.41, 5.74) is 16.1. The number of nitrogens with zero attached hydrogens (tertiary/aromatic N) is 1. The Morgan fingerprint density at radius 1 is 1.03 bits per heavy atom. The van der Waals surface area contributed by atoms with E-state index in [2.05, 4.69) is 33.6 Å². The number of carboxylic acids is 1. The maximum atomic E-state index is 12.8. The van der Waals surface area contributed by atoms with Crippen molar-refractivity contribution in [2.75, 3.05) is 18.9 Å². The smallest absolute Gasteiger partial charge is 0.326 e. The van der Waals surface area contributed by atoms with Gasteiger partial charge in [0, 0.05) is 12.3 Å². The molecule has 0 aromatic heterocycles. The lowest BCUT2D eigenvalue weighted by Gasteiger charge is -2.26. The third-order valence-electron chi connectivity index (χ3n) is 4.70.